The van der Waals surface area contributed by atoms with Crippen LogP contribution in [0.5, 0.6) is 0 Å². The van der Waals surface area contributed by atoms with Gasteiger partial charge in [-0.1, -0.05) is 53.6 Å². The minimum atomic E-state index is -1.07. The number of amides is 1. The molecule has 3 aromatic carbocycles. The van der Waals surface area contributed by atoms with Crippen LogP contribution in [0.4, 0.5) is 5.69 Å². The number of aromatic carboxylic acids is 1. The average Bonchev–Trinajstić information content (AvgIpc) is 2.66. The molecular formula is C23H21NO3. The fourth-order valence-corrected chi connectivity index (χ4v) is 3.20. The van der Waals surface area contributed by atoms with Crippen molar-refractivity contribution in [2.45, 2.75) is 13.8 Å². The first-order chi connectivity index (χ1) is 12.9. The van der Waals surface area contributed by atoms with E-state index in [-0.39, 0.29) is 11.5 Å². The zero-order chi connectivity index (χ0) is 19.6. The number of hydrogen-bond acceptors (Lipinski definition) is 2. The molecule has 0 unspecified atom stereocenters. The van der Waals surface area contributed by atoms with E-state index in [0.717, 1.165) is 22.3 Å². The third-order valence-corrected chi connectivity index (χ3v) is 4.47. The third-order valence-electron chi connectivity index (χ3n) is 4.47. The summed E-state index contributed by atoms with van der Waals surface area (Å²) in [6, 6.07) is 20.3. The van der Waals surface area contributed by atoms with Gasteiger partial charge >= 0.3 is 5.97 Å². The number of benzene rings is 3. The first-order valence-corrected chi connectivity index (χ1v) is 8.66. The van der Waals surface area contributed by atoms with Gasteiger partial charge in [-0.25, -0.2) is 4.79 Å². The number of hydrogen-bond donors (Lipinski definition) is 1. The minimum absolute atomic E-state index is 0.0925. The van der Waals surface area contributed by atoms with Crippen LogP contribution < -0.4 is 4.90 Å². The summed E-state index contributed by atoms with van der Waals surface area (Å²) in [4.78, 5) is 26.1. The molecule has 4 heteroatoms. The summed E-state index contributed by atoms with van der Waals surface area (Å²) < 4.78 is 0. The molecule has 0 aliphatic heterocycles. The summed E-state index contributed by atoms with van der Waals surface area (Å²) in [6.07, 6.45) is 0. The van der Waals surface area contributed by atoms with Crippen molar-refractivity contribution in [2.24, 2.45) is 0 Å². The lowest BCUT2D eigenvalue weighted by Crippen LogP contribution is -2.28. The Kier molecular flexibility index (Phi) is 5.08. The molecule has 0 bridgehead atoms. The Hall–Kier alpha value is -3.40. The highest BCUT2D eigenvalue weighted by atomic mass is 16.4. The lowest BCUT2D eigenvalue weighted by Gasteiger charge is -2.21. The van der Waals surface area contributed by atoms with Crippen LogP contribution >= 0.6 is 0 Å². The Bertz CT molecular complexity index is 989. The van der Waals surface area contributed by atoms with Gasteiger partial charge in [-0.05, 0) is 49.2 Å². The number of carbonyl (C=O) groups is 2. The van der Waals surface area contributed by atoms with Crippen LogP contribution in [-0.2, 0) is 0 Å². The highest BCUT2D eigenvalue weighted by Crippen LogP contribution is 2.29. The first kappa shape index (κ1) is 18.4. The van der Waals surface area contributed by atoms with Crippen molar-refractivity contribution in [2.75, 3.05) is 11.9 Å². The van der Waals surface area contributed by atoms with Crippen LogP contribution in [0.2, 0.25) is 0 Å². The number of carboxylic acid groups (broad SMARTS) is 1. The molecule has 0 radical (unpaired) electrons. The highest BCUT2D eigenvalue weighted by Gasteiger charge is 2.21. The lowest BCUT2D eigenvalue weighted by molar-refractivity contribution is 0.0697. The van der Waals surface area contributed by atoms with Gasteiger partial charge in [0.2, 0.25) is 0 Å². The van der Waals surface area contributed by atoms with Gasteiger partial charge in [0.1, 0.15) is 0 Å². The molecule has 1 N–H and O–H groups in total. The fourth-order valence-electron chi connectivity index (χ4n) is 3.20. The van der Waals surface area contributed by atoms with E-state index in [1.807, 2.05) is 62.4 Å². The van der Waals surface area contributed by atoms with Crippen LogP contribution in [0.15, 0.2) is 66.7 Å². The van der Waals surface area contributed by atoms with Gasteiger partial charge in [0.05, 0.1) is 11.3 Å². The fraction of sp³-hybridized carbons (Fsp3) is 0.130. The van der Waals surface area contributed by atoms with Crippen molar-refractivity contribution < 1.29 is 14.7 Å². The predicted octanol–water partition coefficient (Wildman–Crippen LogP) is 4.95. The number of aryl methyl sites for hydroxylation is 2. The Labute approximate surface area is 158 Å². The largest absolute Gasteiger partial charge is 0.478 e. The topological polar surface area (TPSA) is 57.6 Å². The van der Waals surface area contributed by atoms with E-state index in [0.29, 0.717) is 11.3 Å². The highest BCUT2D eigenvalue weighted by molar-refractivity contribution is 6.09. The van der Waals surface area contributed by atoms with E-state index in [4.69, 9.17) is 0 Å². The van der Waals surface area contributed by atoms with Gasteiger partial charge in [-0.2, -0.15) is 0 Å². The van der Waals surface area contributed by atoms with E-state index in [1.165, 1.54) is 4.90 Å². The second-order valence-electron chi connectivity index (χ2n) is 6.64. The molecule has 0 heterocycles. The van der Waals surface area contributed by atoms with Gasteiger partial charge < -0.3 is 10.0 Å². The number of anilines is 1. The van der Waals surface area contributed by atoms with Crippen LogP contribution in [-0.4, -0.2) is 24.0 Å². The maximum Gasteiger partial charge on any atom is 0.337 e. The third kappa shape index (κ3) is 3.90. The van der Waals surface area contributed by atoms with E-state index < -0.39 is 5.97 Å². The molecule has 0 saturated heterocycles. The summed E-state index contributed by atoms with van der Waals surface area (Å²) in [5.41, 5.74) is 4.80. The maximum absolute atomic E-state index is 13.0. The summed E-state index contributed by atoms with van der Waals surface area (Å²) in [5, 5.41) is 9.58. The molecule has 27 heavy (non-hydrogen) atoms. The predicted molar refractivity (Wildman–Crippen MR) is 107 cm³/mol. The Balaban J connectivity index is 2.07. The van der Waals surface area contributed by atoms with Crippen molar-refractivity contribution in [1.82, 2.24) is 0 Å². The number of carboxylic acids is 1. The number of carbonyl (C=O) groups excluding carboxylic acids is 1. The molecule has 4 nitrogen and oxygen atoms in total. The van der Waals surface area contributed by atoms with Gasteiger partial charge in [0, 0.05) is 12.6 Å². The van der Waals surface area contributed by atoms with Gasteiger partial charge in [-0.15, -0.1) is 0 Å². The summed E-state index contributed by atoms with van der Waals surface area (Å²) >= 11 is 0. The normalized spacial score (nSPS) is 10.5. The number of rotatable bonds is 4. The minimum Gasteiger partial charge on any atom is -0.478 e. The number of nitrogens with zero attached hydrogens (tertiary/aromatic N) is 1. The van der Waals surface area contributed by atoms with E-state index >= 15 is 0 Å². The molecule has 0 spiro atoms. The monoisotopic (exact) mass is 359 g/mol. The molecule has 0 aliphatic rings. The molecule has 0 saturated carbocycles. The summed E-state index contributed by atoms with van der Waals surface area (Å²) in [5.74, 6) is -1.31. The molecule has 0 aromatic heterocycles. The van der Waals surface area contributed by atoms with E-state index in [2.05, 4.69) is 0 Å². The molecule has 1 amide bonds. The molecule has 3 rings (SSSR count). The smallest absolute Gasteiger partial charge is 0.337 e. The Morgan fingerprint density at radius 3 is 2.04 bits per heavy atom. The summed E-state index contributed by atoms with van der Waals surface area (Å²) in [7, 11) is 1.61. The molecule has 3 aromatic rings. The molecule has 0 atom stereocenters. The zero-order valence-electron chi connectivity index (χ0n) is 15.6. The quantitative estimate of drug-likeness (QED) is 0.717. The lowest BCUT2D eigenvalue weighted by atomic mass is 10.0. The second kappa shape index (κ2) is 7.46. The Morgan fingerprint density at radius 1 is 0.815 bits per heavy atom. The van der Waals surface area contributed by atoms with Crippen molar-refractivity contribution in [1.29, 1.82) is 0 Å². The van der Waals surface area contributed by atoms with E-state index in [1.54, 1.807) is 25.2 Å². The molecule has 136 valence electrons. The van der Waals surface area contributed by atoms with E-state index in [9.17, 15) is 14.7 Å². The molecular weight excluding hydrogens is 338 g/mol. The summed E-state index contributed by atoms with van der Waals surface area (Å²) in [6.45, 7) is 3.87. The van der Waals surface area contributed by atoms with Gasteiger partial charge in [0.25, 0.3) is 5.91 Å². The van der Waals surface area contributed by atoms with Crippen molar-refractivity contribution in [3.63, 3.8) is 0 Å². The van der Waals surface area contributed by atoms with Crippen molar-refractivity contribution in [3.8, 4) is 11.1 Å². The zero-order valence-corrected chi connectivity index (χ0v) is 15.6. The van der Waals surface area contributed by atoms with Gasteiger partial charge in [0.15, 0.2) is 0 Å². The van der Waals surface area contributed by atoms with Crippen LogP contribution in [0, 0.1) is 13.8 Å². The standard InChI is InChI=1S/C23H21NO3/c1-15-11-16(2)13-19(12-15)22(25)24(3)21-14-18(9-10-20(21)23(26)27)17-7-5-4-6-8-17/h4-14H,1-3H3,(H,26,27). The second-order valence-corrected chi connectivity index (χ2v) is 6.64. The molecule has 0 aliphatic carbocycles. The van der Waals surface area contributed by atoms with Crippen LogP contribution in [0.1, 0.15) is 31.8 Å². The molecule has 0 fully saturated rings. The van der Waals surface area contributed by atoms with Crippen molar-refractivity contribution in [3.05, 3.63) is 89.0 Å². The van der Waals surface area contributed by atoms with Gasteiger partial charge in [-0.3, -0.25) is 4.79 Å². The van der Waals surface area contributed by atoms with Crippen molar-refractivity contribution >= 4 is 17.6 Å². The average molecular weight is 359 g/mol. The Morgan fingerprint density at radius 2 is 1.44 bits per heavy atom. The first-order valence-electron chi connectivity index (χ1n) is 8.66. The van der Waals surface area contributed by atoms with Crippen LogP contribution in [0.25, 0.3) is 11.1 Å². The van der Waals surface area contributed by atoms with Crippen LogP contribution in [0.3, 0.4) is 0 Å². The maximum atomic E-state index is 13.0. The SMILES string of the molecule is Cc1cc(C)cc(C(=O)N(C)c2cc(-c3ccccc3)ccc2C(=O)O)c1.